The highest BCUT2D eigenvalue weighted by atomic mass is 32.2. The third kappa shape index (κ3) is 4.17. The predicted molar refractivity (Wildman–Crippen MR) is 104 cm³/mol. The first-order chi connectivity index (χ1) is 13.7. The summed E-state index contributed by atoms with van der Waals surface area (Å²) in [5.74, 6) is -0.304. The van der Waals surface area contributed by atoms with Crippen LogP contribution in [0.5, 0.6) is 11.5 Å². The van der Waals surface area contributed by atoms with Crippen LogP contribution < -0.4 is 8.92 Å². The van der Waals surface area contributed by atoms with Crippen molar-refractivity contribution in [2.24, 2.45) is 0 Å². The van der Waals surface area contributed by atoms with Gasteiger partial charge < -0.3 is 8.92 Å². The summed E-state index contributed by atoms with van der Waals surface area (Å²) in [5, 5.41) is 23.8. The number of ether oxygens (including phenoxy) is 1. The number of non-ortho nitro benzene ring substituents is 2. The smallest absolute Gasteiger partial charge is 0.343 e. The van der Waals surface area contributed by atoms with E-state index < -0.39 is 30.5 Å². The zero-order valence-corrected chi connectivity index (χ0v) is 16.3. The predicted octanol–water partition coefficient (Wildman–Crippen LogP) is 4.01. The number of benzene rings is 2. The minimum absolute atomic E-state index is 0.143. The molecule has 3 aromatic rings. The Labute approximate surface area is 168 Å². The lowest BCUT2D eigenvalue weighted by Crippen LogP contribution is -2.12. The Hall–Kier alpha value is -3.51. The molecule has 0 unspecified atom stereocenters. The van der Waals surface area contributed by atoms with E-state index in [-0.39, 0.29) is 22.7 Å². The topological polar surface area (TPSA) is 139 Å². The van der Waals surface area contributed by atoms with Gasteiger partial charge in [-0.2, -0.15) is 8.42 Å². The summed E-state index contributed by atoms with van der Waals surface area (Å²) in [5.41, 5.74) is -0.511. The van der Waals surface area contributed by atoms with Crippen LogP contribution in [0.1, 0.15) is 0 Å². The van der Waals surface area contributed by atoms with Crippen LogP contribution in [-0.4, -0.2) is 25.4 Å². The van der Waals surface area contributed by atoms with Crippen LogP contribution >= 0.6 is 11.3 Å². The van der Waals surface area contributed by atoms with Crippen molar-refractivity contribution < 1.29 is 27.2 Å². The highest BCUT2D eigenvalue weighted by molar-refractivity contribution is 7.87. The van der Waals surface area contributed by atoms with Crippen molar-refractivity contribution in [1.29, 1.82) is 0 Å². The van der Waals surface area contributed by atoms with Gasteiger partial charge >= 0.3 is 10.1 Å². The van der Waals surface area contributed by atoms with Crippen LogP contribution in [0, 0.1) is 20.2 Å². The fraction of sp³-hybridized carbons (Fsp3) is 0.0588. The van der Waals surface area contributed by atoms with Gasteiger partial charge in [-0.25, -0.2) is 0 Å². The first kappa shape index (κ1) is 20.2. The molecule has 0 saturated heterocycles. The second-order valence-corrected chi connectivity index (χ2v) is 8.01. The van der Waals surface area contributed by atoms with Gasteiger partial charge in [0.05, 0.1) is 17.0 Å². The molecule has 12 heteroatoms. The Bertz CT molecular complexity index is 1190. The summed E-state index contributed by atoms with van der Waals surface area (Å²) in [4.78, 5) is 20.8. The Balaban J connectivity index is 2.11. The summed E-state index contributed by atoms with van der Waals surface area (Å²) in [6.07, 6.45) is 0. The summed E-state index contributed by atoms with van der Waals surface area (Å²) >= 11 is 1.24. The normalized spacial score (nSPS) is 11.1. The maximum atomic E-state index is 12.8. The van der Waals surface area contributed by atoms with Crippen molar-refractivity contribution in [3.05, 3.63) is 74.1 Å². The van der Waals surface area contributed by atoms with Crippen LogP contribution in [0.3, 0.4) is 0 Å². The third-order valence-corrected chi connectivity index (χ3v) is 5.95. The molecule has 0 saturated carbocycles. The van der Waals surface area contributed by atoms with E-state index in [1.54, 1.807) is 17.5 Å². The Morgan fingerprint density at radius 2 is 1.55 bits per heavy atom. The molecule has 1 aromatic heterocycles. The van der Waals surface area contributed by atoms with Gasteiger partial charge in [-0.15, -0.1) is 11.3 Å². The van der Waals surface area contributed by atoms with E-state index in [0.717, 1.165) is 30.3 Å². The van der Waals surface area contributed by atoms with Crippen molar-refractivity contribution >= 4 is 32.8 Å². The third-order valence-electron chi connectivity index (χ3n) is 3.79. The molecule has 0 N–H and O–H groups in total. The molecule has 0 aliphatic heterocycles. The molecule has 10 nitrogen and oxygen atoms in total. The molecule has 0 atom stereocenters. The first-order valence-electron chi connectivity index (χ1n) is 7.82. The fourth-order valence-electron chi connectivity index (χ4n) is 2.47. The molecule has 2 aromatic carbocycles. The van der Waals surface area contributed by atoms with Crippen LogP contribution in [0.15, 0.2) is 58.8 Å². The molecular weight excluding hydrogens is 424 g/mol. The van der Waals surface area contributed by atoms with Crippen LogP contribution in [0.4, 0.5) is 11.4 Å². The van der Waals surface area contributed by atoms with E-state index in [1.165, 1.54) is 24.5 Å². The van der Waals surface area contributed by atoms with Crippen molar-refractivity contribution in [3.8, 4) is 21.9 Å². The molecule has 0 radical (unpaired) electrons. The molecule has 29 heavy (non-hydrogen) atoms. The van der Waals surface area contributed by atoms with Crippen LogP contribution in [0.2, 0.25) is 0 Å². The molecule has 0 spiro atoms. The summed E-state index contributed by atoms with van der Waals surface area (Å²) in [6.45, 7) is 0. The van der Waals surface area contributed by atoms with Crippen molar-refractivity contribution in [2.45, 2.75) is 4.90 Å². The summed E-state index contributed by atoms with van der Waals surface area (Å²) in [7, 11) is -3.34. The monoisotopic (exact) mass is 436 g/mol. The van der Waals surface area contributed by atoms with Crippen LogP contribution in [0.25, 0.3) is 10.4 Å². The lowest BCUT2D eigenvalue weighted by Gasteiger charge is -2.13. The van der Waals surface area contributed by atoms with Gasteiger partial charge in [0, 0.05) is 34.7 Å². The molecule has 0 amide bonds. The highest BCUT2D eigenvalue weighted by Crippen LogP contribution is 2.38. The molecule has 150 valence electrons. The van der Waals surface area contributed by atoms with E-state index in [4.69, 9.17) is 8.92 Å². The number of hydrogen-bond donors (Lipinski definition) is 0. The number of thiophene rings is 1. The van der Waals surface area contributed by atoms with Gasteiger partial charge in [-0.1, -0.05) is 6.07 Å². The quantitative estimate of drug-likeness (QED) is 0.307. The largest absolute Gasteiger partial charge is 0.495 e. The maximum Gasteiger partial charge on any atom is 0.343 e. The van der Waals surface area contributed by atoms with Gasteiger partial charge in [0.1, 0.15) is 5.75 Å². The Morgan fingerprint density at radius 3 is 2.10 bits per heavy atom. The van der Waals surface area contributed by atoms with E-state index >= 15 is 0 Å². The van der Waals surface area contributed by atoms with Crippen molar-refractivity contribution in [2.75, 3.05) is 7.11 Å². The number of hydrogen-bond acceptors (Lipinski definition) is 9. The second-order valence-electron chi connectivity index (χ2n) is 5.54. The van der Waals surface area contributed by atoms with Gasteiger partial charge in [0.2, 0.25) is 0 Å². The number of nitro benzene ring substituents is 2. The minimum Gasteiger partial charge on any atom is -0.495 e. The number of methoxy groups -OCH3 is 1. The molecule has 0 aliphatic carbocycles. The van der Waals surface area contributed by atoms with E-state index in [2.05, 4.69) is 0 Å². The van der Waals surface area contributed by atoms with E-state index in [1.807, 2.05) is 0 Å². The summed E-state index contributed by atoms with van der Waals surface area (Å²) < 4.78 is 35.9. The lowest BCUT2D eigenvalue weighted by molar-refractivity contribution is -0.385. The SMILES string of the molecule is COc1ccc([N+](=O)[O-])cc1S(=O)(=O)Oc1ccc([N+](=O)[O-])cc1-c1cccs1. The maximum absolute atomic E-state index is 12.8. The zero-order valence-electron chi connectivity index (χ0n) is 14.7. The molecule has 0 bridgehead atoms. The second kappa shape index (κ2) is 7.85. The van der Waals surface area contributed by atoms with Crippen molar-refractivity contribution in [3.63, 3.8) is 0 Å². The fourth-order valence-corrected chi connectivity index (χ4v) is 4.35. The Morgan fingerprint density at radius 1 is 0.931 bits per heavy atom. The number of rotatable bonds is 7. The van der Waals surface area contributed by atoms with Crippen LogP contribution in [-0.2, 0) is 10.1 Å². The minimum atomic E-state index is -4.55. The van der Waals surface area contributed by atoms with E-state index in [9.17, 15) is 28.6 Å². The standard InChI is InChI=1S/C17H12N2O8S2/c1-26-15-7-5-12(19(22)23)10-17(15)29(24,25)27-14-6-4-11(18(20)21)9-13(14)16-3-2-8-28-16/h2-10H,1H3. The molecule has 0 fully saturated rings. The molecule has 0 aliphatic rings. The van der Waals surface area contributed by atoms with Gasteiger partial charge in [-0.05, 0) is 23.6 Å². The van der Waals surface area contributed by atoms with Gasteiger partial charge in [0.25, 0.3) is 11.4 Å². The van der Waals surface area contributed by atoms with Gasteiger partial charge in [-0.3, -0.25) is 20.2 Å². The van der Waals surface area contributed by atoms with Gasteiger partial charge in [0.15, 0.2) is 10.6 Å². The summed E-state index contributed by atoms with van der Waals surface area (Å²) in [6, 6.07) is 9.87. The molecule has 1 heterocycles. The average molecular weight is 436 g/mol. The first-order valence-corrected chi connectivity index (χ1v) is 10.1. The van der Waals surface area contributed by atoms with Crippen molar-refractivity contribution in [1.82, 2.24) is 0 Å². The van der Waals surface area contributed by atoms with E-state index in [0.29, 0.717) is 4.88 Å². The molecular formula is C17H12N2O8S2. The number of nitro groups is 2. The Kier molecular flexibility index (Phi) is 5.48. The zero-order chi connectivity index (χ0) is 21.2. The highest BCUT2D eigenvalue weighted by Gasteiger charge is 2.27. The lowest BCUT2D eigenvalue weighted by atomic mass is 10.1. The average Bonchev–Trinajstić information content (AvgIpc) is 3.21. The number of nitrogens with zero attached hydrogens (tertiary/aromatic N) is 2. The molecule has 3 rings (SSSR count).